The van der Waals surface area contributed by atoms with E-state index in [4.69, 9.17) is 6.92 Å². The van der Waals surface area contributed by atoms with Crippen molar-refractivity contribution in [3.63, 3.8) is 0 Å². The molecule has 0 bridgehead atoms. The zero-order valence-corrected chi connectivity index (χ0v) is 5.27. The van der Waals surface area contributed by atoms with Crippen molar-refractivity contribution in [2.45, 2.75) is 6.42 Å². The van der Waals surface area contributed by atoms with E-state index in [9.17, 15) is 8.78 Å². The average Bonchev–Trinajstić information content (AvgIpc) is 1.85. The second kappa shape index (κ2) is 2.78. The molecule has 0 spiro atoms. The highest BCUT2D eigenvalue weighted by Gasteiger charge is 1.96. The van der Waals surface area contributed by atoms with E-state index in [-0.39, 0.29) is 6.42 Å². The van der Waals surface area contributed by atoms with E-state index in [2.05, 4.69) is 0 Å². The van der Waals surface area contributed by atoms with Crippen molar-refractivity contribution in [1.82, 2.24) is 0 Å². The van der Waals surface area contributed by atoms with Gasteiger partial charge in [0.15, 0.2) is 0 Å². The standard InChI is InChI=1S/C8H6F2/c1-2-6-3-7(9)5-8(10)4-6/h1,3-5H,2H2. The lowest BCUT2D eigenvalue weighted by Gasteiger charge is -1.95. The molecule has 10 heavy (non-hydrogen) atoms. The van der Waals surface area contributed by atoms with Crippen LogP contribution >= 0.6 is 0 Å². The van der Waals surface area contributed by atoms with Gasteiger partial charge in [-0.15, -0.1) is 0 Å². The molecule has 0 atom stereocenters. The van der Waals surface area contributed by atoms with Gasteiger partial charge in [-0.25, -0.2) is 8.78 Å². The molecule has 0 fully saturated rings. The van der Waals surface area contributed by atoms with Gasteiger partial charge in [0.25, 0.3) is 0 Å². The Hall–Kier alpha value is -0.920. The van der Waals surface area contributed by atoms with E-state index >= 15 is 0 Å². The third kappa shape index (κ3) is 1.53. The second-order valence-electron chi connectivity index (χ2n) is 1.98. The van der Waals surface area contributed by atoms with Crippen molar-refractivity contribution in [2.75, 3.05) is 0 Å². The van der Waals surface area contributed by atoms with Crippen LogP contribution in [0.25, 0.3) is 0 Å². The number of rotatable bonds is 1. The van der Waals surface area contributed by atoms with Crippen LogP contribution in [-0.2, 0) is 6.42 Å². The molecule has 0 aliphatic heterocycles. The molecule has 0 unspecified atom stereocenters. The van der Waals surface area contributed by atoms with Crippen LogP contribution in [0.4, 0.5) is 8.78 Å². The Morgan fingerprint density at radius 2 is 1.60 bits per heavy atom. The molecule has 0 saturated carbocycles. The zero-order chi connectivity index (χ0) is 7.56. The van der Waals surface area contributed by atoms with E-state index in [1.807, 2.05) is 0 Å². The molecule has 0 heterocycles. The summed E-state index contributed by atoms with van der Waals surface area (Å²) in [5, 5.41) is 0. The minimum absolute atomic E-state index is 0.161. The first-order valence-electron chi connectivity index (χ1n) is 2.87. The summed E-state index contributed by atoms with van der Waals surface area (Å²) in [6.07, 6.45) is 0.161. The largest absolute Gasteiger partial charge is 0.207 e. The van der Waals surface area contributed by atoms with E-state index in [1.165, 1.54) is 12.1 Å². The van der Waals surface area contributed by atoms with Crippen LogP contribution in [0.2, 0.25) is 0 Å². The Morgan fingerprint density at radius 1 is 1.10 bits per heavy atom. The molecule has 1 aromatic rings. The number of hydrogen-bond donors (Lipinski definition) is 0. The average molecular weight is 140 g/mol. The fourth-order valence-corrected chi connectivity index (χ4v) is 0.729. The monoisotopic (exact) mass is 140 g/mol. The summed E-state index contributed by atoms with van der Waals surface area (Å²) < 4.78 is 24.6. The molecule has 2 radical (unpaired) electrons. The highest BCUT2D eigenvalue weighted by molar-refractivity contribution is 5.18. The lowest BCUT2D eigenvalue weighted by Crippen LogP contribution is -1.85. The molecule has 1 rings (SSSR count). The Bertz CT molecular complexity index is 210. The fraction of sp³-hybridized carbons (Fsp3) is 0.125. The maximum atomic E-state index is 12.3. The van der Waals surface area contributed by atoms with Crippen molar-refractivity contribution < 1.29 is 8.78 Å². The summed E-state index contributed by atoms with van der Waals surface area (Å²) in [5.74, 6) is -1.17. The first-order chi connectivity index (χ1) is 4.72. The van der Waals surface area contributed by atoms with Gasteiger partial charge < -0.3 is 0 Å². The topological polar surface area (TPSA) is 0 Å². The molecule has 52 valence electrons. The van der Waals surface area contributed by atoms with Gasteiger partial charge in [0.2, 0.25) is 0 Å². The number of benzene rings is 1. The normalized spacial score (nSPS) is 9.90. The van der Waals surface area contributed by atoms with E-state index in [1.54, 1.807) is 0 Å². The lowest BCUT2D eigenvalue weighted by atomic mass is 10.2. The van der Waals surface area contributed by atoms with Crippen LogP contribution in [0, 0.1) is 18.6 Å². The van der Waals surface area contributed by atoms with Crippen molar-refractivity contribution in [1.29, 1.82) is 0 Å². The number of halogens is 2. The van der Waals surface area contributed by atoms with Gasteiger partial charge >= 0.3 is 0 Å². The van der Waals surface area contributed by atoms with Gasteiger partial charge in [-0.1, -0.05) is 0 Å². The summed E-state index contributed by atoms with van der Waals surface area (Å²) in [4.78, 5) is 0. The van der Waals surface area contributed by atoms with E-state index < -0.39 is 11.6 Å². The molecule has 0 saturated heterocycles. The van der Waals surface area contributed by atoms with Crippen LogP contribution < -0.4 is 0 Å². The Kier molecular flexibility index (Phi) is 2.00. The summed E-state index contributed by atoms with van der Waals surface area (Å²) in [5.41, 5.74) is 0.470. The maximum absolute atomic E-state index is 12.3. The molecular weight excluding hydrogens is 134 g/mol. The zero-order valence-electron chi connectivity index (χ0n) is 5.27. The van der Waals surface area contributed by atoms with Gasteiger partial charge in [-0.2, -0.15) is 0 Å². The highest BCUT2D eigenvalue weighted by Crippen LogP contribution is 2.07. The minimum Gasteiger partial charge on any atom is -0.207 e. The summed E-state index contributed by atoms with van der Waals surface area (Å²) in [6, 6.07) is 3.24. The van der Waals surface area contributed by atoms with Gasteiger partial charge in [-0.05, 0) is 31.0 Å². The molecule has 0 aromatic heterocycles. The van der Waals surface area contributed by atoms with Gasteiger partial charge in [0.1, 0.15) is 11.6 Å². The Morgan fingerprint density at radius 3 is 2.00 bits per heavy atom. The lowest BCUT2D eigenvalue weighted by molar-refractivity contribution is 0.580. The van der Waals surface area contributed by atoms with Crippen molar-refractivity contribution in [3.8, 4) is 0 Å². The molecule has 2 heteroatoms. The SMILES string of the molecule is [CH]Cc1cc(F)cc(F)c1. The maximum Gasteiger partial charge on any atom is 0.126 e. The molecular formula is C8H6F2. The van der Waals surface area contributed by atoms with E-state index in [0.717, 1.165) is 6.07 Å². The summed E-state index contributed by atoms with van der Waals surface area (Å²) >= 11 is 0. The quantitative estimate of drug-likeness (QED) is 0.561. The van der Waals surface area contributed by atoms with Gasteiger partial charge in [0.05, 0.1) is 0 Å². The van der Waals surface area contributed by atoms with Crippen LogP contribution in [0.1, 0.15) is 5.56 Å². The van der Waals surface area contributed by atoms with Crippen LogP contribution in [0.3, 0.4) is 0 Å². The molecule has 1 aromatic carbocycles. The first-order valence-corrected chi connectivity index (χ1v) is 2.87. The van der Waals surface area contributed by atoms with Crippen molar-refractivity contribution in [2.24, 2.45) is 0 Å². The van der Waals surface area contributed by atoms with Crippen LogP contribution in [0.15, 0.2) is 18.2 Å². The van der Waals surface area contributed by atoms with Crippen LogP contribution in [-0.4, -0.2) is 0 Å². The van der Waals surface area contributed by atoms with E-state index in [0.29, 0.717) is 5.56 Å². The van der Waals surface area contributed by atoms with Crippen molar-refractivity contribution in [3.05, 3.63) is 42.3 Å². The second-order valence-corrected chi connectivity index (χ2v) is 1.98. The fourth-order valence-electron chi connectivity index (χ4n) is 0.729. The first kappa shape index (κ1) is 7.19. The molecule has 0 nitrogen and oxygen atoms in total. The molecule has 0 aliphatic rings. The predicted octanol–water partition coefficient (Wildman–Crippen LogP) is 2.22. The minimum atomic E-state index is -0.583. The highest BCUT2D eigenvalue weighted by atomic mass is 19.1. The van der Waals surface area contributed by atoms with Crippen LogP contribution in [0.5, 0.6) is 0 Å². The predicted molar refractivity (Wildman–Crippen MR) is 34.4 cm³/mol. The third-order valence-electron chi connectivity index (χ3n) is 1.16. The molecule has 0 N–H and O–H groups in total. The summed E-state index contributed by atoms with van der Waals surface area (Å²) in [7, 11) is 0. The van der Waals surface area contributed by atoms with Gasteiger partial charge in [-0.3, -0.25) is 0 Å². The van der Waals surface area contributed by atoms with Gasteiger partial charge in [0, 0.05) is 6.07 Å². The van der Waals surface area contributed by atoms with Crippen molar-refractivity contribution >= 4 is 0 Å². The number of hydrogen-bond acceptors (Lipinski definition) is 0. The molecule has 0 amide bonds. The smallest absolute Gasteiger partial charge is 0.126 e. The molecule has 0 aliphatic carbocycles. The summed E-state index contributed by atoms with van der Waals surface area (Å²) in [6.45, 7) is 5.15. The Labute approximate surface area is 58.5 Å². The third-order valence-corrected chi connectivity index (χ3v) is 1.16. The Balaban J connectivity index is 3.06.